The maximum Gasteiger partial charge on any atom is 0.146 e. The van der Waals surface area contributed by atoms with Gasteiger partial charge in [-0.3, -0.25) is 0 Å². The van der Waals surface area contributed by atoms with Crippen LogP contribution in [0.5, 0.6) is 0 Å². The van der Waals surface area contributed by atoms with Crippen molar-refractivity contribution < 1.29 is 0 Å². The molecule has 0 spiro atoms. The summed E-state index contributed by atoms with van der Waals surface area (Å²) in [5.41, 5.74) is 11.1. The third-order valence-electron chi connectivity index (χ3n) is 4.32. The van der Waals surface area contributed by atoms with Gasteiger partial charge >= 0.3 is 0 Å². The summed E-state index contributed by atoms with van der Waals surface area (Å²) in [6.07, 6.45) is 1.57. The highest BCUT2D eigenvalue weighted by Gasteiger charge is 2.21. The molecule has 0 unspecified atom stereocenters. The number of H-pyrrole nitrogens is 1. The Morgan fingerprint density at radius 2 is 2.09 bits per heavy atom. The van der Waals surface area contributed by atoms with Gasteiger partial charge in [0.15, 0.2) is 0 Å². The van der Waals surface area contributed by atoms with Crippen LogP contribution < -0.4 is 11.1 Å². The minimum atomic E-state index is 0.431. The van der Waals surface area contributed by atoms with Crippen molar-refractivity contribution in [2.24, 2.45) is 12.8 Å². The fourth-order valence-corrected chi connectivity index (χ4v) is 3.23. The molecule has 116 valence electrons. The van der Waals surface area contributed by atoms with E-state index in [0.29, 0.717) is 6.54 Å². The summed E-state index contributed by atoms with van der Waals surface area (Å²) in [5.74, 6) is 0.805. The van der Waals surface area contributed by atoms with E-state index in [1.165, 1.54) is 5.39 Å². The minimum absolute atomic E-state index is 0.431. The lowest BCUT2D eigenvalue weighted by molar-refractivity contribution is 0.839. The molecule has 0 radical (unpaired) electrons. The van der Waals surface area contributed by atoms with Crippen molar-refractivity contribution in [1.82, 2.24) is 19.5 Å². The summed E-state index contributed by atoms with van der Waals surface area (Å²) in [6, 6.07) is 10.4. The van der Waals surface area contributed by atoms with Gasteiger partial charge in [-0.15, -0.1) is 0 Å². The summed E-state index contributed by atoms with van der Waals surface area (Å²) < 4.78 is 2.04. The van der Waals surface area contributed by atoms with Crippen molar-refractivity contribution in [3.05, 3.63) is 42.4 Å². The molecule has 0 saturated carbocycles. The van der Waals surface area contributed by atoms with E-state index in [-0.39, 0.29) is 0 Å². The van der Waals surface area contributed by atoms with E-state index in [4.69, 9.17) is 5.73 Å². The summed E-state index contributed by atoms with van der Waals surface area (Å²) in [4.78, 5) is 12.3. The number of nitrogens with one attached hydrogen (secondary N) is 2. The predicted octanol–water partition coefficient (Wildman–Crippen LogP) is 2.62. The van der Waals surface area contributed by atoms with Crippen LogP contribution in [0.25, 0.3) is 33.2 Å². The number of rotatable bonds is 3. The molecule has 0 amide bonds. The van der Waals surface area contributed by atoms with Crippen LogP contribution >= 0.6 is 0 Å². The van der Waals surface area contributed by atoms with Crippen LogP contribution in [-0.2, 0) is 13.6 Å². The van der Waals surface area contributed by atoms with E-state index in [1.807, 2.05) is 30.8 Å². The van der Waals surface area contributed by atoms with Gasteiger partial charge in [-0.25, -0.2) is 9.97 Å². The summed E-state index contributed by atoms with van der Waals surface area (Å²) >= 11 is 0. The second kappa shape index (κ2) is 5.10. The molecule has 23 heavy (non-hydrogen) atoms. The lowest BCUT2D eigenvalue weighted by atomic mass is 10.1. The van der Waals surface area contributed by atoms with Crippen LogP contribution in [0, 0.1) is 0 Å². The first-order valence-corrected chi connectivity index (χ1v) is 7.52. The number of aryl methyl sites for hydroxylation is 1. The van der Waals surface area contributed by atoms with Crippen LogP contribution in [0.15, 0.2) is 36.7 Å². The van der Waals surface area contributed by atoms with E-state index in [0.717, 1.165) is 39.3 Å². The van der Waals surface area contributed by atoms with Crippen LogP contribution in [-0.4, -0.2) is 26.6 Å². The minimum Gasteiger partial charge on any atom is -0.372 e. The molecule has 4 N–H and O–H groups in total. The van der Waals surface area contributed by atoms with Gasteiger partial charge in [0.1, 0.15) is 17.8 Å². The first-order chi connectivity index (χ1) is 11.2. The largest absolute Gasteiger partial charge is 0.372 e. The molecule has 6 nitrogen and oxygen atoms in total. The van der Waals surface area contributed by atoms with E-state index in [2.05, 4.69) is 38.5 Å². The molecule has 0 aliphatic carbocycles. The Hall–Kier alpha value is -2.86. The lowest BCUT2D eigenvalue weighted by Gasteiger charge is -2.04. The van der Waals surface area contributed by atoms with Crippen LogP contribution in [0.1, 0.15) is 5.69 Å². The third-order valence-corrected chi connectivity index (χ3v) is 4.32. The van der Waals surface area contributed by atoms with Gasteiger partial charge in [-0.05, 0) is 12.1 Å². The van der Waals surface area contributed by atoms with Gasteiger partial charge in [-0.1, -0.05) is 18.2 Å². The van der Waals surface area contributed by atoms with E-state index in [9.17, 15) is 0 Å². The number of nitrogens with zero attached hydrogens (tertiary/aromatic N) is 3. The molecule has 0 aliphatic heterocycles. The Balaban J connectivity index is 2.12. The van der Waals surface area contributed by atoms with Gasteiger partial charge in [0.25, 0.3) is 0 Å². The number of hydrogen-bond donors (Lipinski definition) is 3. The fraction of sp³-hybridized carbons (Fsp3) is 0.176. The average molecular weight is 306 g/mol. The van der Waals surface area contributed by atoms with E-state index < -0.39 is 0 Å². The highest BCUT2D eigenvalue weighted by Crippen LogP contribution is 2.37. The molecule has 6 heteroatoms. The molecule has 0 saturated heterocycles. The zero-order chi connectivity index (χ0) is 16.0. The number of aromatic amines is 1. The zero-order valence-electron chi connectivity index (χ0n) is 13.1. The van der Waals surface area contributed by atoms with Gasteiger partial charge in [0.05, 0.1) is 5.39 Å². The first kappa shape index (κ1) is 13.8. The number of benzene rings is 1. The van der Waals surface area contributed by atoms with Crippen molar-refractivity contribution in [3.8, 4) is 11.3 Å². The highest BCUT2D eigenvalue weighted by molar-refractivity contribution is 6.04. The van der Waals surface area contributed by atoms with E-state index >= 15 is 0 Å². The maximum atomic E-state index is 6.04. The highest BCUT2D eigenvalue weighted by atomic mass is 15.1. The van der Waals surface area contributed by atoms with Gasteiger partial charge in [0.2, 0.25) is 0 Å². The number of fused-ring (bicyclic) bond motifs is 2. The molecule has 3 aromatic heterocycles. The number of anilines is 1. The van der Waals surface area contributed by atoms with Crippen LogP contribution in [0.4, 0.5) is 5.82 Å². The molecule has 4 aromatic rings. The second-order valence-corrected chi connectivity index (χ2v) is 5.53. The number of para-hydroxylation sites is 1. The molecular formula is C17H18N6. The fourth-order valence-electron chi connectivity index (χ4n) is 3.23. The topological polar surface area (TPSA) is 84.6 Å². The quantitative estimate of drug-likeness (QED) is 0.543. The molecule has 0 atom stereocenters. The molecule has 0 bridgehead atoms. The summed E-state index contributed by atoms with van der Waals surface area (Å²) in [6.45, 7) is 0.431. The standard InChI is InChI=1S/C17H18N6/c1-19-16-15-14(12-7-10-5-3-4-6-11(10)22-12)13(8-18)23(2)17(15)21-9-20-16/h3-7,9,22H,8,18H2,1-2H3,(H,19,20,21). The smallest absolute Gasteiger partial charge is 0.146 e. The van der Waals surface area contributed by atoms with Crippen molar-refractivity contribution in [1.29, 1.82) is 0 Å². The summed E-state index contributed by atoms with van der Waals surface area (Å²) in [5, 5.41) is 5.32. The molecule has 0 aliphatic rings. The van der Waals surface area contributed by atoms with Gasteiger partial charge in [0, 0.05) is 48.5 Å². The average Bonchev–Trinajstić information content (AvgIpc) is 3.13. The second-order valence-electron chi connectivity index (χ2n) is 5.53. The predicted molar refractivity (Wildman–Crippen MR) is 93.2 cm³/mol. The molecule has 4 rings (SSSR count). The molecular weight excluding hydrogens is 288 g/mol. The Morgan fingerprint density at radius 1 is 1.26 bits per heavy atom. The van der Waals surface area contributed by atoms with Crippen molar-refractivity contribution >= 4 is 27.8 Å². The molecule has 0 fully saturated rings. The zero-order valence-corrected chi connectivity index (χ0v) is 13.1. The molecule has 3 heterocycles. The number of aromatic nitrogens is 4. The van der Waals surface area contributed by atoms with Crippen LogP contribution in [0.2, 0.25) is 0 Å². The Morgan fingerprint density at radius 3 is 2.83 bits per heavy atom. The normalized spacial score (nSPS) is 11.4. The van der Waals surface area contributed by atoms with Crippen molar-refractivity contribution in [3.63, 3.8) is 0 Å². The summed E-state index contributed by atoms with van der Waals surface area (Å²) in [7, 11) is 3.86. The monoisotopic (exact) mass is 306 g/mol. The third kappa shape index (κ3) is 1.92. The number of nitrogens with two attached hydrogens (primary N) is 1. The lowest BCUT2D eigenvalue weighted by Crippen LogP contribution is -2.04. The Labute approximate surface area is 133 Å². The first-order valence-electron chi connectivity index (χ1n) is 7.52. The van der Waals surface area contributed by atoms with Gasteiger partial charge in [-0.2, -0.15) is 0 Å². The molecule has 1 aromatic carbocycles. The van der Waals surface area contributed by atoms with Crippen LogP contribution in [0.3, 0.4) is 0 Å². The SMILES string of the molecule is CNc1ncnc2c1c(-c1cc3ccccc3[nH]1)c(CN)n2C. The van der Waals surface area contributed by atoms with Crippen molar-refractivity contribution in [2.45, 2.75) is 6.54 Å². The van der Waals surface area contributed by atoms with E-state index in [1.54, 1.807) is 6.33 Å². The Kier molecular flexibility index (Phi) is 3.06. The maximum absolute atomic E-state index is 6.04. The van der Waals surface area contributed by atoms with Gasteiger partial charge < -0.3 is 20.6 Å². The van der Waals surface area contributed by atoms with Crippen molar-refractivity contribution in [2.75, 3.05) is 12.4 Å². The number of hydrogen-bond acceptors (Lipinski definition) is 4. The Bertz CT molecular complexity index is 978.